The number of phenols is 1. The molecule has 4 rings (SSSR count). The molecule has 0 bridgehead atoms. The van der Waals surface area contributed by atoms with Gasteiger partial charge in [-0.05, 0) is 53.0 Å². The van der Waals surface area contributed by atoms with E-state index in [0.717, 1.165) is 16.7 Å². The molecule has 0 amide bonds. The number of carboxylic acids is 1. The normalized spacial score (nSPS) is 12.1. The molecule has 210 valence electrons. The first-order valence-corrected chi connectivity index (χ1v) is 13.5. The monoisotopic (exact) mass is 543 g/mol. The van der Waals surface area contributed by atoms with Gasteiger partial charge in [0, 0.05) is 24.0 Å². The van der Waals surface area contributed by atoms with Crippen LogP contribution in [0.15, 0.2) is 54.6 Å². The van der Waals surface area contributed by atoms with Gasteiger partial charge in [0.1, 0.15) is 28.2 Å². The lowest BCUT2D eigenvalue weighted by Gasteiger charge is -2.24. The summed E-state index contributed by atoms with van der Waals surface area (Å²) < 4.78 is 5.92. The van der Waals surface area contributed by atoms with Crippen molar-refractivity contribution in [3.05, 3.63) is 76.9 Å². The molecule has 0 fully saturated rings. The maximum Gasteiger partial charge on any atom is 0.311 e. The number of aliphatic carboxylic acids is 1. The van der Waals surface area contributed by atoms with Crippen LogP contribution in [0.2, 0.25) is 0 Å². The van der Waals surface area contributed by atoms with Gasteiger partial charge in [0.25, 0.3) is 0 Å². The molecule has 40 heavy (non-hydrogen) atoms. The minimum absolute atomic E-state index is 0.0551. The number of hydrogen-bond acceptors (Lipinski definition) is 6. The van der Waals surface area contributed by atoms with Crippen LogP contribution in [0.5, 0.6) is 11.5 Å². The van der Waals surface area contributed by atoms with E-state index in [1.165, 1.54) is 4.80 Å². The third-order valence-corrected chi connectivity index (χ3v) is 6.81. The maximum absolute atomic E-state index is 13.2. The molecule has 0 saturated carbocycles. The van der Waals surface area contributed by atoms with Crippen LogP contribution < -0.4 is 4.74 Å². The number of ether oxygens (including phenoxy) is 1. The number of nitrogens with zero attached hydrogens (tertiary/aromatic N) is 3. The second-order valence-corrected chi connectivity index (χ2v) is 12.2. The number of benzene rings is 3. The van der Waals surface area contributed by atoms with Crippen molar-refractivity contribution in [3.63, 3.8) is 0 Å². The van der Waals surface area contributed by atoms with Gasteiger partial charge in [-0.3, -0.25) is 9.59 Å². The Balaban J connectivity index is 1.63. The molecule has 8 heteroatoms. The highest BCUT2D eigenvalue weighted by Crippen LogP contribution is 2.37. The molecule has 3 aromatic carbocycles. The zero-order valence-corrected chi connectivity index (χ0v) is 24.0. The molecular formula is C32H37N3O5. The van der Waals surface area contributed by atoms with Crippen LogP contribution in [0.3, 0.4) is 0 Å². The molecule has 8 nitrogen and oxygen atoms in total. The average molecular weight is 544 g/mol. The van der Waals surface area contributed by atoms with E-state index in [0.29, 0.717) is 34.5 Å². The lowest BCUT2D eigenvalue weighted by atomic mass is 9.84. The standard InChI is InChI=1S/C32H37N3O5/c1-31(2,3)22-11-9-10-21(15-16-27(36)37)30(22)40-28(38)17-14-20-18-23(32(4,5)6)29(39)26(19-20)35-33-24-12-7-8-13-25(24)34-35/h7-13,18-19,39H,14-17H2,1-6H3,(H,36,37). The number of rotatable bonds is 8. The molecule has 0 unspecified atom stereocenters. The van der Waals surface area contributed by atoms with Crippen LogP contribution in [0.4, 0.5) is 0 Å². The fourth-order valence-corrected chi connectivity index (χ4v) is 4.66. The first-order valence-electron chi connectivity index (χ1n) is 13.5. The quantitative estimate of drug-likeness (QED) is 0.199. The molecule has 0 saturated heterocycles. The van der Waals surface area contributed by atoms with Gasteiger partial charge in [-0.25, -0.2) is 0 Å². The summed E-state index contributed by atoms with van der Waals surface area (Å²) in [6, 6.07) is 16.8. The molecule has 0 aliphatic heterocycles. The van der Waals surface area contributed by atoms with Crippen molar-refractivity contribution in [2.24, 2.45) is 0 Å². The van der Waals surface area contributed by atoms with E-state index in [9.17, 15) is 19.8 Å². The van der Waals surface area contributed by atoms with E-state index in [4.69, 9.17) is 4.74 Å². The number of fused-ring (bicyclic) bond motifs is 1. The van der Waals surface area contributed by atoms with Crippen LogP contribution >= 0.6 is 0 Å². The Labute approximate surface area is 234 Å². The third kappa shape index (κ3) is 6.50. The number of aryl methyl sites for hydroxylation is 2. The van der Waals surface area contributed by atoms with Crippen molar-refractivity contribution < 1.29 is 24.5 Å². The van der Waals surface area contributed by atoms with Crippen molar-refractivity contribution in [2.75, 3.05) is 0 Å². The zero-order chi connectivity index (χ0) is 29.2. The van der Waals surface area contributed by atoms with E-state index >= 15 is 0 Å². The first kappa shape index (κ1) is 28.8. The Hall–Kier alpha value is -4.20. The zero-order valence-electron chi connectivity index (χ0n) is 24.0. The molecule has 0 spiro atoms. The number of para-hydroxylation sites is 1. The Kier molecular flexibility index (Phi) is 8.00. The number of aromatic hydroxyl groups is 1. The summed E-state index contributed by atoms with van der Waals surface area (Å²) >= 11 is 0. The fraction of sp³-hybridized carbons (Fsp3) is 0.375. The summed E-state index contributed by atoms with van der Waals surface area (Å²) in [5.74, 6) is -0.782. The van der Waals surface area contributed by atoms with Gasteiger partial charge in [-0.1, -0.05) is 77.9 Å². The van der Waals surface area contributed by atoms with E-state index in [1.807, 2.05) is 90.1 Å². The number of phenolic OH excluding ortho intramolecular Hbond substituents is 1. The van der Waals surface area contributed by atoms with E-state index < -0.39 is 11.9 Å². The molecule has 0 aliphatic carbocycles. The molecule has 0 radical (unpaired) electrons. The van der Waals surface area contributed by atoms with E-state index in [1.54, 1.807) is 6.07 Å². The lowest BCUT2D eigenvalue weighted by molar-refractivity contribution is -0.137. The summed E-state index contributed by atoms with van der Waals surface area (Å²) in [6.45, 7) is 12.1. The number of hydrogen-bond donors (Lipinski definition) is 2. The predicted molar refractivity (Wildman–Crippen MR) is 154 cm³/mol. The smallest absolute Gasteiger partial charge is 0.311 e. The SMILES string of the molecule is CC(C)(C)c1cc(CCC(=O)Oc2c(CCC(=O)O)cccc2C(C)(C)C)cc(-n2nc3ccccc3n2)c1O. The topological polar surface area (TPSA) is 115 Å². The van der Waals surface area contributed by atoms with Crippen LogP contribution in [0.25, 0.3) is 16.7 Å². The van der Waals surface area contributed by atoms with Crippen molar-refractivity contribution in [1.29, 1.82) is 0 Å². The number of carboxylic acid groups (broad SMARTS) is 1. The highest BCUT2D eigenvalue weighted by Gasteiger charge is 2.25. The number of esters is 1. The maximum atomic E-state index is 13.2. The van der Waals surface area contributed by atoms with Gasteiger partial charge >= 0.3 is 11.9 Å². The van der Waals surface area contributed by atoms with Crippen LogP contribution in [0.1, 0.15) is 76.6 Å². The Morgan fingerprint density at radius 1 is 0.825 bits per heavy atom. The third-order valence-electron chi connectivity index (χ3n) is 6.81. The summed E-state index contributed by atoms with van der Waals surface area (Å²) in [5.41, 5.74) is 4.31. The minimum Gasteiger partial charge on any atom is -0.505 e. The van der Waals surface area contributed by atoms with Gasteiger partial charge in [0.2, 0.25) is 0 Å². The highest BCUT2D eigenvalue weighted by molar-refractivity contribution is 5.75. The van der Waals surface area contributed by atoms with Crippen molar-refractivity contribution >= 4 is 23.0 Å². The second-order valence-electron chi connectivity index (χ2n) is 12.2. The number of aromatic nitrogens is 3. The van der Waals surface area contributed by atoms with Crippen molar-refractivity contribution in [2.45, 2.75) is 78.1 Å². The summed E-state index contributed by atoms with van der Waals surface area (Å²) in [7, 11) is 0. The Bertz CT molecular complexity index is 1520. The highest BCUT2D eigenvalue weighted by atomic mass is 16.5. The number of carbonyl (C=O) groups is 2. The van der Waals surface area contributed by atoms with E-state index in [-0.39, 0.29) is 35.8 Å². The van der Waals surface area contributed by atoms with Crippen molar-refractivity contribution in [3.8, 4) is 17.2 Å². The van der Waals surface area contributed by atoms with Gasteiger partial charge < -0.3 is 14.9 Å². The van der Waals surface area contributed by atoms with Crippen LogP contribution in [0, 0.1) is 0 Å². The predicted octanol–water partition coefficient (Wildman–Crippen LogP) is 6.28. The summed E-state index contributed by atoms with van der Waals surface area (Å²) in [5, 5.41) is 29.5. The molecule has 1 aromatic heterocycles. The summed E-state index contributed by atoms with van der Waals surface area (Å²) in [4.78, 5) is 25.8. The summed E-state index contributed by atoms with van der Waals surface area (Å²) in [6.07, 6.45) is 0.682. The second kappa shape index (κ2) is 11.1. The molecular weight excluding hydrogens is 506 g/mol. The molecule has 0 aliphatic rings. The minimum atomic E-state index is -0.907. The largest absolute Gasteiger partial charge is 0.505 e. The van der Waals surface area contributed by atoms with Crippen LogP contribution in [-0.2, 0) is 33.3 Å². The van der Waals surface area contributed by atoms with Gasteiger partial charge in [-0.2, -0.15) is 0 Å². The van der Waals surface area contributed by atoms with Crippen molar-refractivity contribution in [1.82, 2.24) is 15.0 Å². The Morgan fingerprint density at radius 3 is 2.02 bits per heavy atom. The molecule has 4 aromatic rings. The molecule has 0 atom stereocenters. The average Bonchev–Trinajstić information content (AvgIpc) is 3.30. The van der Waals surface area contributed by atoms with Gasteiger partial charge in [-0.15, -0.1) is 15.0 Å². The van der Waals surface area contributed by atoms with E-state index in [2.05, 4.69) is 10.2 Å². The Morgan fingerprint density at radius 2 is 1.45 bits per heavy atom. The lowest BCUT2D eigenvalue weighted by Crippen LogP contribution is -2.18. The number of carbonyl (C=O) groups excluding carboxylic acids is 1. The fourth-order valence-electron chi connectivity index (χ4n) is 4.66. The molecule has 1 heterocycles. The molecule has 2 N–H and O–H groups in total. The van der Waals surface area contributed by atoms with Gasteiger partial charge in [0.15, 0.2) is 0 Å². The van der Waals surface area contributed by atoms with Gasteiger partial charge in [0.05, 0.1) is 0 Å². The first-order chi connectivity index (χ1) is 18.7. The van der Waals surface area contributed by atoms with Crippen LogP contribution in [-0.4, -0.2) is 37.1 Å².